The predicted octanol–water partition coefficient (Wildman–Crippen LogP) is 2.58. The minimum Gasteiger partial charge on any atom is -0.236 e. The number of aromatic nitrogens is 3. The molecular weight excluding hydrogens is 224 g/mol. The molecule has 0 amide bonds. The van der Waals surface area contributed by atoms with Gasteiger partial charge >= 0.3 is 0 Å². The fraction of sp³-hybridized carbons (Fsp3) is 0.0714. The summed E-state index contributed by atoms with van der Waals surface area (Å²) in [6.07, 6.45) is 5.31. The molecule has 0 aliphatic heterocycles. The molecule has 18 heavy (non-hydrogen) atoms. The Bertz CT molecular complexity index is 765. The Morgan fingerprint density at radius 3 is 2.94 bits per heavy atom. The van der Waals surface area contributed by atoms with Crippen LogP contribution in [-0.2, 0) is 0 Å². The van der Waals surface area contributed by atoms with E-state index in [1.54, 1.807) is 16.9 Å². The van der Waals surface area contributed by atoms with Crippen LogP contribution in [0.4, 0.5) is 0 Å². The maximum absolute atomic E-state index is 9.27. The van der Waals surface area contributed by atoms with Gasteiger partial charge in [0.1, 0.15) is 6.07 Å². The van der Waals surface area contributed by atoms with Crippen molar-refractivity contribution in [2.75, 3.05) is 0 Å². The molecule has 2 heterocycles. The van der Waals surface area contributed by atoms with Gasteiger partial charge in [-0.2, -0.15) is 10.4 Å². The third-order valence-electron chi connectivity index (χ3n) is 2.95. The van der Waals surface area contributed by atoms with Crippen LogP contribution < -0.4 is 0 Å². The third kappa shape index (κ3) is 1.45. The van der Waals surface area contributed by atoms with E-state index in [9.17, 15) is 5.26 Å². The summed E-state index contributed by atoms with van der Waals surface area (Å²) in [5.41, 5.74) is 4.17. The smallest absolute Gasteiger partial charge is 0.162 e. The first kappa shape index (κ1) is 10.5. The summed E-state index contributed by atoms with van der Waals surface area (Å²) in [6.45, 7) is 1.93. The van der Waals surface area contributed by atoms with Crippen LogP contribution in [0.5, 0.6) is 0 Å². The van der Waals surface area contributed by atoms with Crippen molar-refractivity contribution < 1.29 is 0 Å². The molecule has 4 nitrogen and oxygen atoms in total. The zero-order valence-corrected chi connectivity index (χ0v) is 9.83. The molecule has 0 aliphatic carbocycles. The van der Waals surface area contributed by atoms with Crippen LogP contribution in [0.2, 0.25) is 0 Å². The standard InChI is InChI=1S/C14H10N4/c1-10-4-2-5-11(12(10)8-15)13-9-17-18-7-3-6-16-14(13)18/h2-7,9H,1H3. The lowest BCUT2D eigenvalue weighted by atomic mass is 9.99. The summed E-state index contributed by atoms with van der Waals surface area (Å²) in [7, 11) is 0. The van der Waals surface area contributed by atoms with E-state index in [-0.39, 0.29) is 0 Å². The van der Waals surface area contributed by atoms with E-state index < -0.39 is 0 Å². The molecule has 0 N–H and O–H groups in total. The van der Waals surface area contributed by atoms with Gasteiger partial charge in [0.2, 0.25) is 0 Å². The molecule has 0 saturated heterocycles. The van der Waals surface area contributed by atoms with E-state index in [1.807, 2.05) is 37.4 Å². The average molecular weight is 234 g/mol. The van der Waals surface area contributed by atoms with E-state index in [4.69, 9.17) is 0 Å². The highest BCUT2D eigenvalue weighted by Gasteiger charge is 2.12. The predicted molar refractivity (Wildman–Crippen MR) is 67.9 cm³/mol. The van der Waals surface area contributed by atoms with E-state index in [0.717, 1.165) is 22.3 Å². The van der Waals surface area contributed by atoms with Gasteiger partial charge in [-0.15, -0.1) is 0 Å². The van der Waals surface area contributed by atoms with E-state index in [0.29, 0.717) is 5.56 Å². The van der Waals surface area contributed by atoms with Crippen molar-refractivity contribution in [2.45, 2.75) is 6.92 Å². The molecule has 0 aliphatic rings. The zero-order chi connectivity index (χ0) is 12.5. The number of benzene rings is 1. The van der Waals surface area contributed by atoms with Crippen molar-refractivity contribution in [1.82, 2.24) is 14.6 Å². The van der Waals surface area contributed by atoms with E-state index in [2.05, 4.69) is 16.2 Å². The first-order valence-corrected chi connectivity index (χ1v) is 5.59. The fourth-order valence-electron chi connectivity index (χ4n) is 2.06. The second-order valence-electron chi connectivity index (χ2n) is 4.06. The molecule has 0 radical (unpaired) electrons. The molecule has 1 aromatic carbocycles. The Balaban J connectivity index is 2.34. The molecule has 2 aromatic heterocycles. The Labute approximate surface area is 104 Å². The van der Waals surface area contributed by atoms with Gasteiger partial charge < -0.3 is 0 Å². The van der Waals surface area contributed by atoms with Crippen LogP contribution >= 0.6 is 0 Å². The van der Waals surface area contributed by atoms with Gasteiger partial charge in [0, 0.05) is 23.5 Å². The lowest BCUT2D eigenvalue weighted by molar-refractivity contribution is 0.939. The molecule has 86 valence electrons. The molecule has 0 fully saturated rings. The number of fused-ring (bicyclic) bond motifs is 1. The van der Waals surface area contributed by atoms with Crippen LogP contribution in [0, 0.1) is 18.3 Å². The van der Waals surface area contributed by atoms with Crippen molar-refractivity contribution in [3.05, 3.63) is 54.0 Å². The molecule has 0 spiro atoms. The molecule has 0 atom stereocenters. The molecule has 0 unspecified atom stereocenters. The maximum atomic E-state index is 9.27. The number of aryl methyl sites for hydroxylation is 1. The summed E-state index contributed by atoms with van der Waals surface area (Å²) in [6, 6.07) is 9.88. The minimum atomic E-state index is 0.679. The van der Waals surface area contributed by atoms with Crippen molar-refractivity contribution in [3.63, 3.8) is 0 Å². The minimum absolute atomic E-state index is 0.679. The highest BCUT2D eigenvalue weighted by molar-refractivity contribution is 5.81. The van der Waals surface area contributed by atoms with Crippen molar-refractivity contribution in [3.8, 4) is 17.2 Å². The van der Waals surface area contributed by atoms with E-state index >= 15 is 0 Å². The molecule has 3 rings (SSSR count). The van der Waals surface area contributed by atoms with Gasteiger partial charge in [0.05, 0.1) is 11.8 Å². The largest absolute Gasteiger partial charge is 0.236 e. The summed E-state index contributed by atoms with van der Waals surface area (Å²) in [5.74, 6) is 0. The highest BCUT2D eigenvalue weighted by atomic mass is 15.2. The van der Waals surface area contributed by atoms with Crippen molar-refractivity contribution >= 4 is 5.65 Å². The van der Waals surface area contributed by atoms with Crippen LogP contribution in [0.25, 0.3) is 16.8 Å². The SMILES string of the molecule is Cc1cccc(-c2cnn3cccnc23)c1C#N. The second-order valence-corrected chi connectivity index (χ2v) is 4.06. The fourth-order valence-corrected chi connectivity index (χ4v) is 2.06. The number of hydrogen-bond acceptors (Lipinski definition) is 3. The molecule has 4 heteroatoms. The van der Waals surface area contributed by atoms with Gasteiger partial charge in [-0.25, -0.2) is 9.50 Å². The normalized spacial score (nSPS) is 10.4. The Kier molecular flexibility index (Phi) is 2.31. The monoisotopic (exact) mass is 234 g/mol. The van der Waals surface area contributed by atoms with Crippen molar-refractivity contribution in [2.24, 2.45) is 0 Å². The van der Waals surface area contributed by atoms with Crippen LogP contribution in [-0.4, -0.2) is 14.6 Å². The van der Waals surface area contributed by atoms with Crippen LogP contribution in [0.3, 0.4) is 0 Å². The summed E-state index contributed by atoms with van der Waals surface area (Å²) in [4.78, 5) is 4.31. The summed E-state index contributed by atoms with van der Waals surface area (Å²) in [5, 5.41) is 13.5. The van der Waals surface area contributed by atoms with Crippen LogP contribution in [0.1, 0.15) is 11.1 Å². The van der Waals surface area contributed by atoms with E-state index in [1.165, 1.54) is 0 Å². The van der Waals surface area contributed by atoms with Gasteiger partial charge in [-0.1, -0.05) is 18.2 Å². The first-order valence-electron chi connectivity index (χ1n) is 5.59. The Morgan fingerprint density at radius 1 is 1.22 bits per heavy atom. The maximum Gasteiger partial charge on any atom is 0.162 e. The van der Waals surface area contributed by atoms with Crippen molar-refractivity contribution in [1.29, 1.82) is 5.26 Å². The lowest BCUT2D eigenvalue weighted by Gasteiger charge is -2.04. The van der Waals surface area contributed by atoms with Gasteiger partial charge in [-0.05, 0) is 18.6 Å². The second kappa shape index (κ2) is 3.97. The topological polar surface area (TPSA) is 54.0 Å². The number of rotatable bonds is 1. The summed E-state index contributed by atoms with van der Waals surface area (Å²) < 4.78 is 1.71. The zero-order valence-electron chi connectivity index (χ0n) is 9.83. The number of nitrogens with zero attached hydrogens (tertiary/aromatic N) is 4. The van der Waals surface area contributed by atoms with Gasteiger partial charge in [-0.3, -0.25) is 0 Å². The molecule has 3 aromatic rings. The highest BCUT2D eigenvalue weighted by Crippen LogP contribution is 2.27. The lowest BCUT2D eigenvalue weighted by Crippen LogP contribution is -1.90. The average Bonchev–Trinajstić information content (AvgIpc) is 2.82. The number of hydrogen-bond donors (Lipinski definition) is 0. The molecule has 0 bridgehead atoms. The Morgan fingerprint density at radius 2 is 2.11 bits per heavy atom. The molecular formula is C14H10N4. The van der Waals surface area contributed by atoms with Gasteiger partial charge in [0.25, 0.3) is 0 Å². The summed E-state index contributed by atoms with van der Waals surface area (Å²) >= 11 is 0. The third-order valence-corrected chi connectivity index (χ3v) is 2.95. The van der Waals surface area contributed by atoms with Crippen LogP contribution in [0.15, 0.2) is 42.9 Å². The quantitative estimate of drug-likeness (QED) is 0.650. The van der Waals surface area contributed by atoms with Gasteiger partial charge in [0.15, 0.2) is 5.65 Å². The number of nitriles is 1. The Hall–Kier alpha value is -2.67. The first-order chi connectivity index (χ1) is 8.81. The molecule has 0 saturated carbocycles.